The third-order valence-corrected chi connectivity index (χ3v) is 2.65. The number of rotatable bonds is 5. The number of hydrogen-bond donors (Lipinski definition) is 1. The molecule has 0 saturated carbocycles. The summed E-state index contributed by atoms with van der Waals surface area (Å²) in [5.41, 5.74) is 0.980. The first-order valence-electron chi connectivity index (χ1n) is 5.96. The second-order valence-corrected chi connectivity index (χ2v) is 4.12. The molecule has 5 heteroatoms. The monoisotopic (exact) mass is 257 g/mol. The molecule has 0 fully saturated rings. The van der Waals surface area contributed by atoms with E-state index in [0.717, 1.165) is 5.56 Å². The highest BCUT2D eigenvalue weighted by atomic mass is 16.5. The maximum Gasteiger partial charge on any atom is 0.243 e. The van der Waals surface area contributed by atoms with Crippen LogP contribution in [0.3, 0.4) is 0 Å². The van der Waals surface area contributed by atoms with Crippen molar-refractivity contribution in [2.75, 3.05) is 0 Å². The van der Waals surface area contributed by atoms with Crippen molar-refractivity contribution in [3.05, 3.63) is 60.3 Å². The Hall–Kier alpha value is -2.43. The summed E-state index contributed by atoms with van der Waals surface area (Å²) in [7, 11) is 0. The Kier molecular flexibility index (Phi) is 4.07. The second-order valence-electron chi connectivity index (χ2n) is 4.12. The number of benzene rings is 1. The second kappa shape index (κ2) is 5.95. The molecule has 1 aromatic carbocycles. The summed E-state index contributed by atoms with van der Waals surface area (Å²) >= 11 is 0. The summed E-state index contributed by atoms with van der Waals surface area (Å²) in [4.78, 5) is 15.6. The van der Waals surface area contributed by atoms with Crippen molar-refractivity contribution in [2.45, 2.75) is 19.4 Å². The SMILES string of the molecule is C=CC(=O)NC(Cc1nc(C)no1)c1ccccc1. The molecule has 0 aliphatic rings. The topological polar surface area (TPSA) is 68.0 Å². The summed E-state index contributed by atoms with van der Waals surface area (Å²) in [5, 5.41) is 6.60. The number of carbonyl (C=O) groups excluding carboxylic acids is 1. The minimum absolute atomic E-state index is 0.216. The third kappa shape index (κ3) is 3.51. The molecule has 0 spiro atoms. The predicted octanol–water partition coefficient (Wildman–Crippen LogP) is 1.96. The minimum atomic E-state index is -0.231. The molecule has 0 radical (unpaired) electrons. The van der Waals surface area contributed by atoms with Crippen LogP contribution >= 0.6 is 0 Å². The Balaban J connectivity index is 2.19. The molecule has 19 heavy (non-hydrogen) atoms. The van der Waals surface area contributed by atoms with E-state index in [1.165, 1.54) is 6.08 Å². The predicted molar refractivity (Wildman–Crippen MR) is 70.3 cm³/mol. The summed E-state index contributed by atoms with van der Waals surface area (Å²) in [6.07, 6.45) is 1.69. The summed E-state index contributed by atoms with van der Waals surface area (Å²) < 4.78 is 5.09. The fourth-order valence-electron chi connectivity index (χ4n) is 1.77. The van der Waals surface area contributed by atoms with Crippen LogP contribution in [0.25, 0.3) is 0 Å². The number of carbonyl (C=O) groups is 1. The summed E-state index contributed by atoms with van der Waals surface area (Å²) in [5.74, 6) is 0.845. The molecule has 1 unspecified atom stereocenters. The van der Waals surface area contributed by atoms with Gasteiger partial charge in [-0.15, -0.1) is 0 Å². The van der Waals surface area contributed by atoms with Gasteiger partial charge in [-0.05, 0) is 18.6 Å². The van der Waals surface area contributed by atoms with Crippen molar-refractivity contribution in [1.29, 1.82) is 0 Å². The van der Waals surface area contributed by atoms with E-state index >= 15 is 0 Å². The molecular weight excluding hydrogens is 242 g/mol. The van der Waals surface area contributed by atoms with E-state index < -0.39 is 0 Å². The first-order valence-corrected chi connectivity index (χ1v) is 5.96. The van der Waals surface area contributed by atoms with Gasteiger partial charge in [-0.25, -0.2) is 0 Å². The number of amides is 1. The van der Waals surface area contributed by atoms with Crippen LogP contribution in [-0.2, 0) is 11.2 Å². The highest BCUT2D eigenvalue weighted by Gasteiger charge is 2.17. The molecule has 1 amide bonds. The summed E-state index contributed by atoms with van der Waals surface area (Å²) in [6, 6.07) is 9.43. The Labute approximate surface area is 111 Å². The normalized spacial score (nSPS) is 11.8. The number of hydrogen-bond acceptors (Lipinski definition) is 4. The van der Waals surface area contributed by atoms with Gasteiger partial charge in [0, 0.05) is 0 Å². The van der Waals surface area contributed by atoms with Gasteiger partial charge < -0.3 is 9.84 Å². The van der Waals surface area contributed by atoms with Gasteiger partial charge in [0.25, 0.3) is 0 Å². The zero-order chi connectivity index (χ0) is 13.7. The van der Waals surface area contributed by atoms with Crippen molar-refractivity contribution < 1.29 is 9.32 Å². The van der Waals surface area contributed by atoms with Gasteiger partial charge >= 0.3 is 0 Å². The molecule has 98 valence electrons. The lowest BCUT2D eigenvalue weighted by Crippen LogP contribution is -2.28. The van der Waals surface area contributed by atoms with Crippen LogP contribution in [0.15, 0.2) is 47.5 Å². The van der Waals surface area contributed by atoms with E-state index in [9.17, 15) is 4.79 Å². The molecule has 1 atom stereocenters. The van der Waals surface area contributed by atoms with Gasteiger partial charge in [-0.2, -0.15) is 4.98 Å². The first-order chi connectivity index (χ1) is 9.19. The lowest BCUT2D eigenvalue weighted by Gasteiger charge is -2.16. The van der Waals surface area contributed by atoms with Crippen LogP contribution in [0.1, 0.15) is 23.3 Å². The average Bonchev–Trinajstić information content (AvgIpc) is 2.84. The van der Waals surface area contributed by atoms with Crippen molar-refractivity contribution >= 4 is 5.91 Å². The van der Waals surface area contributed by atoms with E-state index in [2.05, 4.69) is 22.0 Å². The van der Waals surface area contributed by atoms with Gasteiger partial charge in [-0.3, -0.25) is 4.79 Å². The molecule has 0 saturated heterocycles. The van der Waals surface area contributed by atoms with Crippen molar-refractivity contribution in [2.24, 2.45) is 0 Å². The van der Waals surface area contributed by atoms with E-state index in [1.54, 1.807) is 6.92 Å². The van der Waals surface area contributed by atoms with Gasteiger partial charge in [0.2, 0.25) is 11.8 Å². The van der Waals surface area contributed by atoms with Crippen LogP contribution in [0.2, 0.25) is 0 Å². The van der Waals surface area contributed by atoms with Gasteiger partial charge in [0.1, 0.15) is 0 Å². The standard InChI is InChI=1S/C14H15N3O2/c1-3-13(18)16-12(11-7-5-4-6-8-11)9-14-15-10(2)17-19-14/h3-8,12H,1,9H2,2H3,(H,16,18). The van der Waals surface area contributed by atoms with E-state index in [-0.39, 0.29) is 11.9 Å². The molecule has 5 nitrogen and oxygen atoms in total. The first kappa shape index (κ1) is 13.0. The zero-order valence-electron chi connectivity index (χ0n) is 10.7. The Bertz CT molecular complexity index is 563. The average molecular weight is 257 g/mol. The number of aryl methyl sites for hydroxylation is 1. The molecular formula is C14H15N3O2. The molecule has 1 N–H and O–H groups in total. The van der Waals surface area contributed by atoms with Gasteiger partial charge in [0.15, 0.2) is 5.82 Å². The number of nitrogens with one attached hydrogen (secondary N) is 1. The van der Waals surface area contributed by atoms with Crippen molar-refractivity contribution in [1.82, 2.24) is 15.5 Å². The highest BCUT2D eigenvalue weighted by Crippen LogP contribution is 2.17. The quantitative estimate of drug-likeness (QED) is 0.831. The number of nitrogens with zero attached hydrogens (tertiary/aromatic N) is 2. The fraction of sp³-hybridized carbons (Fsp3) is 0.214. The Morgan fingerprint density at radius 1 is 1.47 bits per heavy atom. The smallest absolute Gasteiger partial charge is 0.243 e. The van der Waals surface area contributed by atoms with Crippen LogP contribution in [-0.4, -0.2) is 16.0 Å². The van der Waals surface area contributed by atoms with E-state index in [4.69, 9.17) is 4.52 Å². The molecule has 1 heterocycles. The Morgan fingerprint density at radius 2 is 2.21 bits per heavy atom. The zero-order valence-corrected chi connectivity index (χ0v) is 10.7. The van der Waals surface area contributed by atoms with Crippen LogP contribution < -0.4 is 5.32 Å². The van der Waals surface area contributed by atoms with Crippen LogP contribution in [0.5, 0.6) is 0 Å². The minimum Gasteiger partial charge on any atom is -0.345 e. The van der Waals surface area contributed by atoms with E-state index in [0.29, 0.717) is 18.1 Å². The lowest BCUT2D eigenvalue weighted by atomic mass is 10.0. The summed E-state index contributed by atoms with van der Waals surface area (Å²) in [6.45, 7) is 5.21. The maximum atomic E-state index is 11.5. The molecule has 0 aliphatic heterocycles. The number of aromatic nitrogens is 2. The fourth-order valence-corrected chi connectivity index (χ4v) is 1.77. The van der Waals surface area contributed by atoms with Crippen molar-refractivity contribution in [3.63, 3.8) is 0 Å². The Morgan fingerprint density at radius 3 is 2.79 bits per heavy atom. The molecule has 2 aromatic rings. The van der Waals surface area contributed by atoms with Gasteiger partial charge in [-0.1, -0.05) is 42.1 Å². The lowest BCUT2D eigenvalue weighted by molar-refractivity contribution is -0.117. The third-order valence-electron chi connectivity index (χ3n) is 2.65. The molecule has 1 aromatic heterocycles. The van der Waals surface area contributed by atoms with Crippen LogP contribution in [0, 0.1) is 6.92 Å². The largest absolute Gasteiger partial charge is 0.345 e. The van der Waals surface area contributed by atoms with Crippen LogP contribution in [0.4, 0.5) is 0 Å². The maximum absolute atomic E-state index is 11.5. The van der Waals surface area contributed by atoms with E-state index in [1.807, 2.05) is 30.3 Å². The molecule has 2 rings (SSSR count). The molecule has 0 aliphatic carbocycles. The van der Waals surface area contributed by atoms with Crippen molar-refractivity contribution in [3.8, 4) is 0 Å². The van der Waals surface area contributed by atoms with Gasteiger partial charge in [0.05, 0.1) is 12.5 Å². The molecule has 0 bridgehead atoms. The highest BCUT2D eigenvalue weighted by molar-refractivity contribution is 5.87.